The number of nitrogens with zero attached hydrogens (tertiary/aromatic N) is 2. The number of amides is 1. The highest BCUT2D eigenvalue weighted by molar-refractivity contribution is 5.97. The molecule has 128 valence electrons. The van der Waals surface area contributed by atoms with Crippen LogP contribution < -0.4 is 5.43 Å². The van der Waals surface area contributed by atoms with Crippen LogP contribution in [0.3, 0.4) is 0 Å². The fraction of sp³-hybridized carbons (Fsp3) is 0.529. The maximum absolute atomic E-state index is 11.9. The average molecular weight is 331 g/mol. The summed E-state index contributed by atoms with van der Waals surface area (Å²) in [5.74, 6) is 0.132. The molecular formula is C17H21N3O4. The quantitative estimate of drug-likeness (QED) is 0.518. The summed E-state index contributed by atoms with van der Waals surface area (Å²) >= 11 is 0. The van der Waals surface area contributed by atoms with E-state index in [9.17, 15) is 14.9 Å². The number of nitrogens with one attached hydrogen (secondary N) is 1. The van der Waals surface area contributed by atoms with Crippen molar-refractivity contribution in [2.24, 2.45) is 21.8 Å². The number of hydrazone groups is 1. The number of carbonyl (C=O) groups excluding carboxylic acids is 1. The van der Waals surface area contributed by atoms with Crippen LogP contribution in [0.25, 0.3) is 6.08 Å². The number of fused-ring (bicyclic) bond motifs is 2. The molecule has 0 spiro atoms. The lowest BCUT2D eigenvalue weighted by Gasteiger charge is -2.34. The second-order valence-corrected chi connectivity index (χ2v) is 7.29. The summed E-state index contributed by atoms with van der Waals surface area (Å²) in [5, 5.41) is 14.9. The third kappa shape index (κ3) is 2.53. The third-order valence-electron chi connectivity index (χ3n) is 6.00. The van der Waals surface area contributed by atoms with Gasteiger partial charge in [0.25, 0.3) is 5.91 Å². The van der Waals surface area contributed by atoms with Gasteiger partial charge in [-0.15, -0.1) is 0 Å². The van der Waals surface area contributed by atoms with Crippen LogP contribution in [0.2, 0.25) is 0 Å². The van der Waals surface area contributed by atoms with Crippen molar-refractivity contribution < 1.29 is 14.1 Å². The molecule has 2 atom stereocenters. The van der Waals surface area contributed by atoms with Gasteiger partial charge in [0, 0.05) is 17.2 Å². The Morgan fingerprint density at radius 3 is 2.75 bits per heavy atom. The summed E-state index contributed by atoms with van der Waals surface area (Å²) in [5.41, 5.74) is 3.86. The molecule has 1 aromatic rings. The Morgan fingerprint density at radius 2 is 2.21 bits per heavy atom. The highest BCUT2D eigenvalue weighted by atomic mass is 16.6. The number of carbonyl (C=O) groups is 1. The predicted molar refractivity (Wildman–Crippen MR) is 89.2 cm³/mol. The largest absolute Gasteiger partial charge is 0.433 e. The first-order valence-corrected chi connectivity index (χ1v) is 8.03. The number of furan rings is 1. The molecule has 0 saturated heterocycles. The van der Waals surface area contributed by atoms with Gasteiger partial charge in [-0.25, -0.2) is 5.43 Å². The normalized spacial score (nSPS) is 29.5. The van der Waals surface area contributed by atoms with Crippen LogP contribution in [0.5, 0.6) is 0 Å². The topological polar surface area (TPSA) is 97.7 Å². The first kappa shape index (κ1) is 16.4. The SMILES string of the molecule is CC1(C)[C@@H]2CC[C@@]1(C)/C(=N/NC(=O)/C=C/c1ccc([N+](=O)[O-])o1)C2. The lowest BCUT2D eigenvalue weighted by Crippen LogP contribution is -2.34. The number of hydrogen-bond acceptors (Lipinski definition) is 5. The van der Waals surface area contributed by atoms with Crippen LogP contribution in [0.15, 0.2) is 27.7 Å². The summed E-state index contributed by atoms with van der Waals surface area (Å²) in [6, 6.07) is 2.68. The van der Waals surface area contributed by atoms with Crippen molar-refractivity contribution in [3.8, 4) is 0 Å². The van der Waals surface area contributed by atoms with E-state index in [1.54, 1.807) is 0 Å². The lowest BCUT2D eigenvalue weighted by atomic mass is 9.70. The molecule has 0 radical (unpaired) electrons. The Hall–Kier alpha value is -2.44. The molecule has 0 aliphatic heterocycles. The Morgan fingerprint density at radius 1 is 1.46 bits per heavy atom. The highest BCUT2D eigenvalue weighted by Gasteiger charge is 2.59. The van der Waals surface area contributed by atoms with E-state index in [1.807, 2.05) is 0 Å². The van der Waals surface area contributed by atoms with E-state index in [0.717, 1.165) is 18.6 Å². The van der Waals surface area contributed by atoms with Crippen molar-refractivity contribution in [1.82, 2.24) is 5.43 Å². The molecule has 24 heavy (non-hydrogen) atoms. The van der Waals surface area contributed by atoms with Crippen molar-refractivity contribution in [2.45, 2.75) is 40.0 Å². The first-order chi connectivity index (χ1) is 11.2. The first-order valence-electron chi connectivity index (χ1n) is 8.03. The Bertz CT molecular complexity index is 747. The van der Waals surface area contributed by atoms with E-state index in [-0.39, 0.29) is 28.4 Å². The van der Waals surface area contributed by atoms with Gasteiger partial charge in [-0.2, -0.15) is 5.10 Å². The van der Waals surface area contributed by atoms with Crippen LogP contribution in [-0.2, 0) is 4.79 Å². The standard InChI is InChI=1S/C17H21N3O4/c1-16(2)11-8-9-17(16,3)13(10-11)18-19-14(21)6-4-12-5-7-15(24-12)20(22)23/h4-7,11H,8-10H2,1-3H3,(H,19,21)/b6-4+,18-13+/t11-,17+/m1/s1. The maximum Gasteiger partial charge on any atom is 0.433 e. The monoisotopic (exact) mass is 331 g/mol. The third-order valence-corrected chi connectivity index (χ3v) is 6.00. The van der Waals surface area contributed by atoms with Crippen molar-refractivity contribution in [3.05, 3.63) is 34.1 Å². The minimum Gasteiger partial charge on any atom is -0.401 e. The summed E-state index contributed by atoms with van der Waals surface area (Å²) in [6.45, 7) is 6.78. The van der Waals surface area contributed by atoms with Crippen LogP contribution >= 0.6 is 0 Å². The molecule has 1 N–H and O–H groups in total. The number of nitro groups is 1. The van der Waals surface area contributed by atoms with Gasteiger partial charge in [0.2, 0.25) is 0 Å². The molecule has 2 aliphatic carbocycles. The molecular weight excluding hydrogens is 310 g/mol. The molecule has 7 nitrogen and oxygen atoms in total. The number of rotatable bonds is 4. The van der Waals surface area contributed by atoms with Gasteiger partial charge in [0.05, 0.1) is 6.07 Å². The lowest BCUT2D eigenvalue weighted by molar-refractivity contribution is -0.402. The molecule has 1 aromatic heterocycles. The van der Waals surface area contributed by atoms with E-state index in [2.05, 4.69) is 31.3 Å². The van der Waals surface area contributed by atoms with Gasteiger partial charge in [-0.05, 0) is 42.7 Å². The van der Waals surface area contributed by atoms with Crippen molar-refractivity contribution in [1.29, 1.82) is 0 Å². The number of hydrogen-bond donors (Lipinski definition) is 1. The molecule has 1 heterocycles. The van der Waals surface area contributed by atoms with E-state index in [0.29, 0.717) is 5.92 Å². The van der Waals surface area contributed by atoms with Crippen molar-refractivity contribution >= 4 is 23.6 Å². The average Bonchev–Trinajstić information content (AvgIpc) is 3.13. The van der Waals surface area contributed by atoms with Crippen LogP contribution in [0.1, 0.15) is 45.8 Å². The highest BCUT2D eigenvalue weighted by Crippen LogP contribution is 2.63. The molecule has 3 rings (SSSR count). The van der Waals surface area contributed by atoms with Crippen LogP contribution in [0.4, 0.5) is 5.88 Å². The summed E-state index contributed by atoms with van der Waals surface area (Å²) < 4.78 is 4.96. The van der Waals surface area contributed by atoms with Crippen LogP contribution in [0, 0.1) is 26.9 Å². The smallest absolute Gasteiger partial charge is 0.401 e. The second-order valence-electron chi connectivity index (χ2n) is 7.29. The summed E-state index contributed by atoms with van der Waals surface area (Å²) in [4.78, 5) is 21.8. The zero-order chi connectivity index (χ0) is 17.5. The summed E-state index contributed by atoms with van der Waals surface area (Å²) in [6.07, 6.45) is 5.89. The van der Waals surface area contributed by atoms with E-state index >= 15 is 0 Å². The molecule has 2 fully saturated rings. The molecule has 0 unspecified atom stereocenters. The van der Waals surface area contributed by atoms with Crippen molar-refractivity contribution in [3.63, 3.8) is 0 Å². The van der Waals surface area contributed by atoms with E-state index in [4.69, 9.17) is 4.42 Å². The van der Waals surface area contributed by atoms with Crippen molar-refractivity contribution in [2.75, 3.05) is 0 Å². The molecule has 7 heteroatoms. The second kappa shape index (κ2) is 5.58. The minimum absolute atomic E-state index is 0.0380. The fourth-order valence-electron chi connectivity index (χ4n) is 3.95. The molecule has 1 amide bonds. The van der Waals surface area contributed by atoms with E-state index < -0.39 is 4.92 Å². The Balaban J connectivity index is 1.64. The minimum atomic E-state index is -0.624. The molecule has 0 aromatic carbocycles. The molecule has 2 bridgehead atoms. The van der Waals surface area contributed by atoms with E-state index in [1.165, 1.54) is 30.7 Å². The Labute approximate surface area is 139 Å². The van der Waals surface area contributed by atoms with Gasteiger partial charge in [0.1, 0.15) is 10.7 Å². The maximum atomic E-state index is 11.9. The summed E-state index contributed by atoms with van der Waals surface area (Å²) in [7, 11) is 0. The predicted octanol–water partition coefficient (Wildman–Crippen LogP) is 3.52. The van der Waals surface area contributed by atoms with Gasteiger partial charge >= 0.3 is 5.88 Å². The van der Waals surface area contributed by atoms with Gasteiger partial charge in [-0.1, -0.05) is 20.8 Å². The zero-order valence-electron chi connectivity index (χ0n) is 14.0. The van der Waals surface area contributed by atoms with Gasteiger partial charge < -0.3 is 4.42 Å². The van der Waals surface area contributed by atoms with Gasteiger partial charge in [-0.3, -0.25) is 14.9 Å². The fourth-order valence-corrected chi connectivity index (χ4v) is 3.95. The zero-order valence-corrected chi connectivity index (χ0v) is 14.0. The molecule has 2 saturated carbocycles. The van der Waals surface area contributed by atoms with Gasteiger partial charge in [0.15, 0.2) is 0 Å². The van der Waals surface area contributed by atoms with Crippen LogP contribution in [-0.4, -0.2) is 16.5 Å². The Kier molecular flexibility index (Phi) is 3.81. The molecule has 2 aliphatic rings.